The van der Waals surface area contributed by atoms with Gasteiger partial charge >= 0.3 is 0 Å². The smallest absolute Gasteiger partial charge is 0.223 e. The third-order valence-electron chi connectivity index (χ3n) is 5.09. The van der Waals surface area contributed by atoms with Crippen LogP contribution in [0.5, 0.6) is 0 Å². The van der Waals surface area contributed by atoms with E-state index in [1.54, 1.807) is 0 Å². The first-order valence-electron chi connectivity index (χ1n) is 7.05. The number of carbonyl (C=O) groups is 1. The number of hydrogen-bond acceptors (Lipinski definition) is 1. The van der Waals surface area contributed by atoms with E-state index < -0.39 is 0 Å². The first kappa shape index (κ1) is 11.3. The molecule has 4 aliphatic carbocycles. The van der Waals surface area contributed by atoms with Gasteiger partial charge in [-0.3, -0.25) is 4.79 Å². The zero-order chi connectivity index (χ0) is 12.0. The summed E-state index contributed by atoms with van der Waals surface area (Å²) in [6.07, 6.45) is 6.72. The van der Waals surface area contributed by atoms with E-state index in [1.165, 1.54) is 32.1 Å². The van der Waals surface area contributed by atoms with Crippen molar-refractivity contribution in [2.75, 3.05) is 6.54 Å². The molecule has 0 radical (unpaired) electrons. The minimum atomic E-state index is 0.307. The summed E-state index contributed by atoms with van der Waals surface area (Å²) < 4.78 is 0. The van der Waals surface area contributed by atoms with Gasteiger partial charge in [0.25, 0.3) is 0 Å². The number of nitrogens with one attached hydrogen (secondary N) is 1. The van der Waals surface area contributed by atoms with Gasteiger partial charge in [-0.1, -0.05) is 12.2 Å². The second kappa shape index (κ2) is 4.15. The van der Waals surface area contributed by atoms with Crippen molar-refractivity contribution in [3.05, 3.63) is 12.2 Å². The van der Waals surface area contributed by atoms with Crippen molar-refractivity contribution in [1.29, 1.82) is 0 Å². The number of amides is 1. The Labute approximate surface area is 104 Å². The van der Waals surface area contributed by atoms with Crippen molar-refractivity contribution >= 4 is 5.91 Å². The van der Waals surface area contributed by atoms with E-state index in [0.29, 0.717) is 30.2 Å². The van der Waals surface area contributed by atoms with Gasteiger partial charge in [0.2, 0.25) is 5.91 Å². The van der Waals surface area contributed by atoms with Crippen molar-refractivity contribution in [3.8, 4) is 0 Å². The van der Waals surface area contributed by atoms with Crippen molar-refractivity contribution in [3.63, 3.8) is 0 Å². The number of carbonyl (C=O) groups excluding carboxylic acids is 1. The molecule has 4 fully saturated rings. The molecule has 17 heavy (non-hydrogen) atoms. The molecule has 0 aromatic heterocycles. The lowest BCUT2D eigenvalue weighted by Gasteiger charge is -2.53. The quantitative estimate of drug-likeness (QED) is 0.746. The molecule has 4 aliphatic rings. The Kier molecular flexibility index (Phi) is 2.76. The molecular formula is C15H23NO. The van der Waals surface area contributed by atoms with Gasteiger partial charge in [-0.25, -0.2) is 0 Å². The molecule has 0 aromatic carbocycles. The van der Waals surface area contributed by atoms with Crippen molar-refractivity contribution in [2.45, 2.75) is 39.0 Å². The summed E-state index contributed by atoms with van der Waals surface area (Å²) in [6.45, 7) is 6.47. The zero-order valence-electron chi connectivity index (χ0n) is 10.7. The fourth-order valence-electron chi connectivity index (χ4n) is 4.71. The molecule has 0 aliphatic heterocycles. The molecule has 1 N–H and O–H groups in total. The van der Waals surface area contributed by atoms with E-state index in [0.717, 1.165) is 17.4 Å². The van der Waals surface area contributed by atoms with Crippen LogP contribution in [0, 0.1) is 29.6 Å². The Morgan fingerprint density at radius 2 is 1.65 bits per heavy atom. The predicted octanol–water partition coefficient (Wildman–Crippen LogP) is 2.75. The molecule has 1 amide bonds. The standard InChI is InChI=1S/C15H23NO/c1-9(2)8-16-15(17)14-12-4-10-3-11(6-12)7-13(14)5-10/h10-14H,1,3-8H2,2H3,(H,16,17). The number of hydrogen-bond donors (Lipinski definition) is 1. The summed E-state index contributed by atoms with van der Waals surface area (Å²) in [5.41, 5.74) is 1.04. The van der Waals surface area contributed by atoms with E-state index in [4.69, 9.17) is 0 Å². The van der Waals surface area contributed by atoms with Crippen molar-refractivity contribution < 1.29 is 4.79 Å². The lowest BCUT2D eigenvalue weighted by molar-refractivity contribution is -0.137. The molecule has 0 unspecified atom stereocenters. The first-order valence-corrected chi connectivity index (χ1v) is 7.05. The molecule has 4 saturated carbocycles. The Balaban J connectivity index is 1.67. The van der Waals surface area contributed by atoms with Gasteiger partial charge in [-0.2, -0.15) is 0 Å². The fourth-order valence-corrected chi connectivity index (χ4v) is 4.71. The summed E-state index contributed by atoms with van der Waals surface area (Å²) in [6, 6.07) is 0. The molecule has 0 saturated heterocycles. The van der Waals surface area contributed by atoms with Gasteiger partial charge in [0.15, 0.2) is 0 Å². The minimum absolute atomic E-state index is 0.307. The van der Waals surface area contributed by atoms with Crippen LogP contribution in [0.15, 0.2) is 12.2 Å². The highest BCUT2D eigenvalue weighted by molar-refractivity contribution is 5.79. The van der Waals surface area contributed by atoms with Crippen LogP contribution in [-0.4, -0.2) is 12.5 Å². The van der Waals surface area contributed by atoms with E-state index >= 15 is 0 Å². The largest absolute Gasteiger partial charge is 0.352 e. The van der Waals surface area contributed by atoms with Crippen LogP contribution in [0.1, 0.15) is 39.0 Å². The Hall–Kier alpha value is -0.790. The molecule has 0 aromatic rings. The van der Waals surface area contributed by atoms with Crippen LogP contribution in [0.3, 0.4) is 0 Å². The van der Waals surface area contributed by atoms with Crippen LogP contribution in [0.4, 0.5) is 0 Å². The van der Waals surface area contributed by atoms with Crippen LogP contribution >= 0.6 is 0 Å². The van der Waals surface area contributed by atoms with Crippen molar-refractivity contribution in [1.82, 2.24) is 5.32 Å². The molecule has 2 heteroatoms. The second-order valence-corrected chi connectivity index (χ2v) is 6.63. The third-order valence-corrected chi connectivity index (χ3v) is 5.09. The lowest BCUT2D eigenvalue weighted by Crippen LogP contribution is -2.51. The summed E-state index contributed by atoms with van der Waals surface area (Å²) >= 11 is 0. The molecule has 94 valence electrons. The molecule has 2 nitrogen and oxygen atoms in total. The molecule has 0 heterocycles. The van der Waals surface area contributed by atoms with Crippen LogP contribution in [-0.2, 0) is 4.79 Å². The van der Waals surface area contributed by atoms with Crippen LogP contribution in [0.25, 0.3) is 0 Å². The van der Waals surface area contributed by atoms with E-state index in [-0.39, 0.29) is 0 Å². The summed E-state index contributed by atoms with van der Waals surface area (Å²) in [7, 11) is 0. The molecule has 4 rings (SSSR count). The lowest BCUT2D eigenvalue weighted by atomic mass is 9.51. The highest BCUT2D eigenvalue weighted by Gasteiger charge is 2.50. The molecule has 4 bridgehead atoms. The van der Waals surface area contributed by atoms with Gasteiger partial charge < -0.3 is 5.32 Å². The normalized spacial score (nSPS) is 42.5. The monoisotopic (exact) mass is 233 g/mol. The van der Waals surface area contributed by atoms with E-state index in [2.05, 4.69) is 11.9 Å². The van der Waals surface area contributed by atoms with Gasteiger partial charge in [-0.05, 0) is 62.7 Å². The third kappa shape index (κ3) is 2.02. The fraction of sp³-hybridized carbons (Fsp3) is 0.800. The maximum atomic E-state index is 12.3. The summed E-state index contributed by atoms with van der Waals surface area (Å²) in [5.74, 6) is 3.90. The highest BCUT2D eigenvalue weighted by atomic mass is 16.1. The predicted molar refractivity (Wildman–Crippen MR) is 68.4 cm³/mol. The maximum absolute atomic E-state index is 12.3. The second-order valence-electron chi connectivity index (χ2n) is 6.63. The Morgan fingerprint density at radius 1 is 1.12 bits per heavy atom. The first-order chi connectivity index (χ1) is 8.13. The number of rotatable bonds is 3. The summed E-state index contributed by atoms with van der Waals surface area (Å²) in [4.78, 5) is 12.3. The molecule has 0 atom stereocenters. The average molecular weight is 233 g/mol. The van der Waals surface area contributed by atoms with E-state index in [9.17, 15) is 4.79 Å². The van der Waals surface area contributed by atoms with Gasteiger partial charge in [-0.15, -0.1) is 0 Å². The van der Waals surface area contributed by atoms with Crippen molar-refractivity contribution in [2.24, 2.45) is 29.6 Å². The maximum Gasteiger partial charge on any atom is 0.223 e. The van der Waals surface area contributed by atoms with Gasteiger partial charge in [0.1, 0.15) is 0 Å². The van der Waals surface area contributed by atoms with E-state index in [1.807, 2.05) is 6.92 Å². The topological polar surface area (TPSA) is 29.1 Å². The highest BCUT2D eigenvalue weighted by Crippen LogP contribution is 2.56. The average Bonchev–Trinajstić information content (AvgIpc) is 2.24. The van der Waals surface area contributed by atoms with Gasteiger partial charge in [0, 0.05) is 12.5 Å². The van der Waals surface area contributed by atoms with Crippen LogP contribution < -0.4 is 5.32 Å². The molecular weight excluding hydrogens is 210 g/mol. The van der Waals surface area contributed by atoms with Gasteiger partial charge in [0.05, 0.1) is 0 Å². The molecule has 0 spiro atoms. The summed E-state index contributed by atoms with van der Waals surface area (Å²) in [5, 5.41) is 3.07. The zero-order valence-corrected chi connectivity index (χ0v) is 10.7. The Morgan fingerprint density at radius 3 is 2.12 bits per heavy atom. The minimum Gasteiger partial charge on any atom is -0.352 e. The van der Waals surface area contributed by atoms with Crippen LogP contribution in [0.2, 0.25) is 0 Å². The SMILES string of the molecule is C=C(C)CNC(=O)C1C2CC3CC(C2)CC1C3. The Bertz CT molecular complexity index is 319.